The molecule has 0 radical (unpaired) electrons. The third-order valence-electron chi connectivity index (χ3n) is 13.0. The van der Waals surface area contributed by atoms with E-state index in [4.69, 9.17) is 14.2 Å². The van der Waals surface area contributed by atoms with E-state index < -0.39 is 92.2 Å². The van der Waals surface area contributed by atoms with Crippen LogP contribution in [0.1, 0.15) is 107 Å². The van der Waals surface area contributed by atoms with Crippen molar-refractivity contribution in [3.05, 3.63) is 36.4 Å². The van der Waals surface area contributed by atoms with Crippen molar-refractivity contribution in [1.29, 1.82) is 0 Å². The molecule has 1 aromatic carbocycles. The first-order chi connectivity index (χ1) is 28.4. The molecule has 2 saturated carbocycles. The zero-order chi connectivity index (χ0) is 45.0. The minimum atomic E-state index is -4.32. The van der Waals surface area contributed by atoms with Crippen molar-refractivity contribution in [3.63, 3.8) is 0 Å². The number of nitrogens with one attached hydrogen (secondary N) is 2. The fraction of sp³-hybridized carbons (Fsp3) is 0.651. The Hall–Kier alpha value is -4.74. The summed E-state index contributed by atoms with van der Waals surface area (Å²) >= 11 is 0. The highest BCUT2D eigenvalue weighted by Crippen LogP contribution is 2.52. The van der Waals surface area contributed by atoms with E-state index in [2.05, 4.69) is 15.0 Å². The summed E-state index contributed by atoms with van der Waals surface area (Å²) in [4.78, 5) is 62.6. The topological polar surface area (TPSA) is 194 Å². The van der Waals surface area contributed by atoms with Crippen LogP contribution in [0.2, 0.25) is 0 Å². The number of carbonyl (C=O) groups excluding carboxylic acids is 3. The van der Waals surface area contributed by atoms with E-state index in [0.29, 0.717) is 36.8 Å². The van der Waals surface area contributed by atoms with Gasteiger partial charge in [-0.3, -0.25) is 28.9 Å². The number of aromatic nitrogens is 1. The van der Waals surface area contributed by atoms with Gasteiger partial charge in [0.15, 0.2) is 5.60 Å². The number of carbonyl (C=O) groups is 4. The standard InChI is InChI=1S/C43H59F2N5O10S/c1-10-27(6)49(39(54)55)34-26(5)19-25(4)13-11-12-14-29-22-42(29,38(53)48-61(56,57)40(7)17-18-40)47-35(51)32-23-41(8,43(44,45)50(32)37(34)52)60-36-31-16-15-30(58-9)20-28(31)21-33(46-36)59-24(2)3/h12,14-16,20-21,24-27,29,32,34H,10-11,13,17-19,22-23H2,1-9H3,(H,47,51)(H,48,53)(H,54,55)/b14-12-/t25-,26-,27?,29-,32+,34+,41-,42-/m1/s1. The minimum Gasteiger partial charge on any atom is -0.497 e. The van der Waals surface area contributed by atoms with E-state index in [1.54, 1.807) is 65.0 Å². The molecule has 3 fully saturated rings. The lowest BCUT2D eigenvalue weighted by atomic mass is 9.86. The lowest BCUT2D eigenvalue weighted by Gasteiger charge is -2.42. The highest BCUT2D eigenvalue weighted by molar-refractivity contribution is 7.91. The van der Waals surface area contributed by atoms with Gasteiger partial charge in [-0.25, -0.2) is 13.2 Å². The minimum absolute atomic E-state index is 0.0316. The summed E-state index contributed by atoms with van der Waals surface area (Å²) in [5.41, 5.74) is -4.54. The summed E-state index contributed by atoms with van der Waals surface area (Å²) in [7, 11) is -2.71. The quantitative estimate of drug-likeness (QED) is 0.167. The maximum absolute atomic E-state index is 17.8. The van der Waals surface area contributed by atoms with Crippen LogP contribution < -0.4 is 24.2 Å². The molecule has 0 spiro atoms. The van der Waals surface area contributed by atoms with Crippen LogP contribution in [0, 0.1) is 17.8 Å². The Bertz CT molecular complexity index is 2200. The first-order valence-corrected chi connectivity index (χ1v) is 22.5. The molecule has 61 heavy (non-hydrogen) atoms. The lowest BCUT2D eigenvalue weighted by Crippen LogP contribution is -2.64. The zero-order valence-electron chi connectivity index (χ0n) is 36.3. The summed E-state index contributed by atoms with van der Waals surface area (Å²) in [5.74, 6) is -4.88. The Labute approximate surface area is 356 Å². The Morgan fingerprint density at radius 3 is 2.41 bits per heavy atom. The zero-order valence-corrected chi connectivity index (χ0v) is 37.1. The predicted molar refractivity (Wildman–Crippen MR) is 222 cm³/mol. The van der Waals surface area contributed by atoms with Crippen LogP contribution in [0.15, 0.2) is 36.4 Å². The molecular weight excluding hydrogens is 817 g/mol. The average Bonchev–Trinajstić information content (AvgIpc) is 4.08. The van der Waals surface area contributed by atoms with Crippen LogP contribution in [-0.4, -0.2) is 105 Å². The van der Waals surface area contributed by atoms with Crippen molar-refractivity contribution < 1.29 is 55.7 Å². The largest absolute Gasteiger partial charge is 0.497 e. The first-order valence-electron chi connectivity index (χ1n) is 21.1. The maximum Gasteiger partial charge on any atom is 0.408 e. The molecular formula is C43H59F2N5O10S. The van der Waals surface area contributed by atoms with Gasteiger partial charge in [-0.2, -0.15) is 13.8 Å². The van der Waals surface area contributed by atoms with Crippen molar-refractivity contribution in [2.45, 2.75) is 153 Å². The van der Waals surface area contributed by atoms with Crippen LogP contribution in [0.3, 0.4) is 0 Å². The average molecular weight is 876 g/mol. The SMILES string of the molecule is CCC(C)N(C(=O)O)[C@@H]1C(=O)N2[C@@H](C[C@@](C)(Oc3nc(OC(C)C)cc4cc(OC)ccc34)C2(F)F)C(=O)N[C@]2(C(=O)NS(=O)(=O)C3(C)CC3)C[C@H]2/C=C\CC[C@@H](C)C[C@H]1C. The van der Waals surface area contributed by atoms with Gasteiger partial charge in [0.1, 0.15) is 23.4 Å². The van der Waals surface area contributed by atoms with Crippen LogP contribution in [0.25, 0.3) is 10.8 Å². The number of amides is 4. The second kappa shape index (κ2) is 16.5. The van der Waals surface area contributed by atoms with Gasteiger partial charge >= 0.3 is 12.1 Å². The molecule has 2 aromatic rings. The van der Waals surface area contributed by atoms with Crippen molar-refractivity contribution in [3.8, 4) is 17.5 Å². The number of rotatable bonds is 11. The summed E-state index contributed by atoms with van der Waals surface area (Å²) < 4.78 is 80.7. The number of halogens is 2. The summed E-state index contributed by atoms with van der Waals surface area (Å²) in [6, 6.07) is -2.41. The fourth-order valence-corrected chi connectivity index (χ4v) is 10.00. The fourth-order valence-electron chi connectivity index (χ4n) is 8.69. The number of methoxy groups -OCH3 is 1. The molecule has 6 rings (SSSR count). The van der Waals surface area contributed by atoms with Gasteiger partial charge < -0.3 is 24.6 Å². The molecule has 336 valence electrons. The molecule has 2 aliphatic heterocycles. The Kier molecular flexibility index (Phi) is 12.4. The number of allylic oxidation sites excluding steroid dienone is 1. The van der Waals surface area contributed by atoms with Crippen molar-refractivity contribution >= 4 is 44.6 Å². The second-order valence-electron chi connectivity index (χ2n) is 18.2. The third-order valence-corrected chi connectivity index (χ3v) is 15.1. The number of hydrogen-bond donors (Lipinski definition) is 3. The third kappa shape index (κ3) is 8.57. The molecule has 3 N–H and O–H groups in total. The monoisotopic (exact) mass is 875 g/mol. The Morgan fingerprint density at radius 1 is 1.11 bits per heavy atom. The van der Waals surface area contributed by atoms with Gasteiger partial charge in [-0.15, -0.1) is 0 Å². The van der Waals surface area contributed by atoms with Gasteiger partial charge in [-0.1, -0.05) is 32.9 Å². The number of benzene rings is 1. The molecule has 18 heteroatoms. The number of ether oxygens (including phenoxy) is 3. The molecule has 8 atom stereocenters. The smallest absolute Gasteiger partial charge is 0.408 e. The van der Waals surface area contributed by atoms with Gasteiger partial charge in [-0.05, 0) is 115 Å². The van der Waals surface area contributed by atoms with E-state index in [-0.39, 0.29) is 53.3 Å². The van der Waals surface area contributed by atoms with Crippen LogP contribution in [0.4, 0.5) is 13.6 Å². The molecule has 4 amide bonds. The number of sulfonamides is 1. The van der Waals surface area contributed by atoms with E-state index in [1.807, 2.05) is 13.0 Å². The van der Waals surface area contributed by atoms with Crippen molar-refractivity contribution in [1.82, 2.24) is 24.8 Å². The second-order valence-corrected chi connectivity index (χ2v) is 20.4. The van der Waals surface area contributed by atoms with Crippen LogP contribution in [0.5, 0.6) is 17.5 Å². The number of carboxylic acid groups (broad SMARTS) is 1. The maximum atomic E-state index is 17.8. The number of nitrogens with zero attached hydrogens (tertiary/aromatic N) is 3. The van der Waals surface area contributed by atoms with E-state index >= 15 is 13.6 Å². The van der Waals surface area contributed by atoms with Gasteiger partial charge in [0.25, 0.3) is 11.8 Å². The number of alkyl halides is 2. The lowest BCUT2D eigenvalue weighted by molar-refractivity contribution is -0.219. The first kappa shape index (κ1) is 45.8. The van der Waals surface area contributed by atoms with E-state index in [1.165, 1.54) is 14.0 Å². The summed E-state index contributed by atoms with van der Waals surface area (Å²) in [6.07, 6.45) is 3.10. The number of fused-ring (bicyclic) bond motifs is 3. The number of pyridine rings is 1. The molecule has 1 unspecified atom stereocenters. The van der Waals surface area contributed by atoms with Crippen molar-refractivity contribution in [2.75, 3.05) is 7.11 Å². The predicted octanol–water partition coefficient (Wildman–Crippen LogP) is 6.39. The molecule has 4 aliphatic rings. The molecule has 15 nitrogen and oxygen atoms in total. The van der Waals surface area contributed by atoms with Gasteiger partial charge in [0.05, 0.1) is 18.0 Å². The summed E-state index contributed by atoms with van der Waals surface area (Å²) in [5, 5.41) is 14.0. The summed E-state index contributed by atoms with van der Waals surface area (Å²) in [6.45, 7) is 12.9. The van der Waals surface area contributed by atoms with Crippen LogP contribution >= 0.6 is 0 Å². The molecule has 1 saturated heterocycles. The Morgan fingerprint density at radius 2 is 1.80 bits per heavy atom. The molecule has 2 aliphatic carbocycles. The normalized spacial score (nSPS) is 30.8. The van der Waals surface area contributed by atoms with E-state index in [9.17, 15) is 27.9 Å². The highest BCUT2D eigenvalue weighted by atomic mass is 32.2. The number of hydrogen-bond acceptors (Lipinski definition) is 10. The van der Waals surface area contributed by atoms with Crippen molar-refractivity contribution in [2.24, 2.45) is 17.8 Å². The van der Waals surface area contributed by atoms with Crippen LogP contribution in [-0.2, 0) is 24.4 Å². The van der Waals surface area contributed by atoms with E-state index in [0.717, 1.165) is 11.8 Å². The Balaban J connectivity index is 1.50. The molecule has 1 aromatic heterocycles. The van der Waals surface area contributed by atoms with Gasteiger partial charge in [0, 0.05) is 29.8 Å². The molecule has 0 bridgehead atoms. The highest BCUT2D eigenvalue weighted by Gasteiger charge is 2.71. The molecule has 3 heterocycles. The van der Waals surface area contributed by atoms with Gasteiger partial charge in [0.2, 0.25) is 27.7 Å².